The molecule has 2 amide bonds. The first-order valence-corrected chi connectivity index (χ1v) is 8.06. The molecule has 4 N–H and O–H groups in total. The molecule has 24 heavy (non-hydrogen) atoms. The number of H-pyrrole nitrogens is 1. The maximum Gasteiger partial charge on any atom is 0.262 e. The lowest BCUT2D eigenvalue weighted by molar-refractivity contribution is 0.0944. The maximum atomic E-state index is 12.4. The summed E-state index contributed by atoms with van der Waals surface area (Å²) in [5.74, 6) is -0.796. The lowest BCUT2D eigenvalue weighted by Gasteiger charge is -2.16. The van der Waals surface area contributed by atoms with Crippen molar-refractivity contribution in [3.05, 3.63) is 68.6 Å². The van der Waals surface area contributed by atoms with Crippen LogP contribution in [0.25, 0.3) is 0 Å². The van der Waals surface area contributed by atoms with Gasteiger partial charge in [0.1, 0.15) is 11.7 Å². The van der Waals surface area contributed by atoms with Crippen LogP contribution in [0.4, 0.5) is 0 Å². The Hall–Kier alpha value is -2.71. The van der Waals surface area contributed by atoms with Crippen molar-refractivity contribution in [2.45, 2.75) is 6.04 Å². The van der Waals surface area contributed by atoms with Crippen LogP contribution in [0.5, 0.6) is 0 Å². The Kier molecular flexibility index (Phi) is 4.59. The first-order valence-electron chi connectivity index (χ1n) is 6.87. The predicted octanol–water partition coefficient (Wildman–Crippen LogP) is 2.14. The lowest BCUT2D eigenvalue weighted by atomic mass is 10.0. The standard InChI is InChI=1S/C15H12ClN5O2S/c16-12-6-5-11(24-12)15(23)19-13(10-7-18-21-20-10)8-1-3-9(4-2-8)14(17)22/h1-7,13H,(H2,17,22)(H,19,23)(H,18,20,21). The molecule has 0 saturated carbocycles. The number of primary amides is 1. The van der Waals surface area contributed by atoms with E-state index in [2.05, 4.69) is 20.7 Å². The summed E-state index contributed by atoms with van der Waals surface area (Å²) in [4.78, 5) is 24.1. The number of halogens is 1. The number of aromatic amines is 1. The SMILES string of the molecule is NC(=O)c1ccc(C(NC(=O)c2ccc(Cl)s2)c2c[nH]nn2)cc1. The summed E-state index contributed by atoms with van der Waals surface area (Å²) in [5.41, 5.74) is 6.91. The van der Waals surface area contributed by atoms with Crippen LogP contribution in [0, 0.1) is 0 Å². The highest BCUT2D eigenvalue weighted by atomic mass is 35.5. The van der Waals surface area contributed by atoms with Crippen molar-refractivity contribution in [2.24, 2.45) is 5.73 Å². The number of hydrogen-bond acceptors (Lipinski definition) is 5. The number of hydrogen-bond donors (Lipinski definition) is 3. The van der Waals surface area contributed by atoms with Gasteiger partial charge in [-0.15, -0.1) is 16.4 Å². The zero-order valence-corrected chi connectivity index (χ0v) is 13.8. The third kappa shape index (κ3) is 3.44. The quantitative estimate of drug-likeness (QED) is 0.645. The van der Waals surface area contributed by atoms with Crippen LogP contribution in [0.15, 0.2) is 42.6 Å². The summed E-state index contributed by atoms with van der Waals surface area (Å²) in [6.07, 6.45) is 1.59. The van der Waals surface area contributed by atoms with Crippen molar-refractivity contribution >= 4 is 34.8 Å². The molecule has 3 rings (SSSR count). The smallest absolute Gasteiger partial charge is 0.262 e. The topological polar surface area (TPSA) is 114 Å². The molecule has 0 bridgehead atoms. The van der Waals surface area contributed by atoms with Crippen molar-refractivity contribution in [3.8, 4) is 0 Å². The number of nitrogens with two attached hydrogens (primary N) is 1. The summed E-state index contributed by atoms with van der Waals surface area (Å²) in [6.45, 7) is 0. The van der Waals surface area contributed by atoms with E-state index in [1.807, 2.05) is 0 Å². The van der Waals surface area contributed by atoms with Crippen LogP contribution in [0.1, 0.15) is 37.3 Å². The average molecular weight is 362 g/mol. The number of nitrogens with one attached hydrogen (secondary N) is 2. The molecule has 1 atom stereocenters. The van der Waals surface area contributed by atoms with Crippen molar-refractivity contribution in [2.75, 3.05) is 0 Å². The van der Waals surface area contributed by atoms with Gasteiger partial charge >= 0.3 is 0 Å². The third-order valence-electron chi connectivity index (χ3n) is 3.33. The fourth-order valence-electron chi connectivity index (χ4n) is 2.16. The van der Waals surface area contributed by atoms with Crippen LogP contribution in [-0.2, 0) is 0 Å². The minimum absolute atomic E-state index is 0.279. The molecule has 0 aliphatic heterocycles. The number of thiophene rings is 1. The fraction of sp³-hybridized carbons (Fsp3) is 0.0667. The molecule has 7 nitrogen and oxygen atoms in total. The van der Waals surface area contributed by atoms with Gasteiger partial charge in [0, 0.05) is 11.8 Å². The number of benzene rings is 1. The molecule has 1 unspecified atom stereocenters. The highest BCUT2D eigenvalue weighted by Gasteiger charge is 2.21. The number of carbonyl (C=O) groups excluding carboxylic acids is 2. The summed E-state index contributed by atoms with van der Waals surface area (Å²) < 4.78 is 0.531. The van der Waals surface area contributed by atoms with Gasteiger partial charge in [-0.05, 0) is 29.8 Å². The monoisotopic (exact) mass is 361 g/mol. The highest BCUT2D eigenvalue weighted by Crippen LogP contribution is 2.24. The van der Waals surface area contributed by atoms with Crippen LogP contribution in [-0.4, -0.2) is 27.2 Å². The molecule has 0 saturated heterocycles. The van der Waals surface area contributed by atoms with E-state index in [0.29, 0.717) is 20.5 Å². The number of amides is 2. The first kappa shape index (κ1) is 16.2. The van der Waals surface area contributed by atoms with Gasteiger partial charge in [0.25, 0.3) is 5.91 Å². The van der Waals surface area contributed by atoms with E-state index in [0.717, 1.165) is 5.56 Å². The Morgan fingerprint density at radius 3 is 2.50 bits per heavy atom. The molecular formula is C15H12ClN5O2S. The summed E-state index contributed by atoms with van der Waals surface area (Å²) >= 11 is 7.06. The second kappa shape index (κ2) is 6.81. The van der Waals surface area contributed by atoms with Crippen LogP contribution >= 0.6 is 22.9 Å². The van der Waals surface area contributed by atoms with E-state index in [9.17, 15) is 9.59 Å². The molecule has 0 fully saturated rings. The van der Waals surface area contributed by atoms with Gasteiger partial charge in [-0.3, -0.25) is 14.7 Å². The zero-order chi connectivity index (χ0) is 17.1. The number of aromatic nitrogens is 3. The lowest BCUT2D eigenvalue weighted by Crippen LogP contribution is -2.29. The molecule has 122 valence electrons. The van der Waals surface area contributed by atoms with Gasteiger partial charge < -0.3 is 11.1 Å². The minimum Gasteiger partial charge on any atom is -0.366 e. The molecule has 3 aromatic rings. The average Bonchev–Trinajstić information content (AvgIpc) is 3.24. The van der Waals surface area contributed by atoms with Gasteiger partial charge in [0.2, 0.25) is 5.91 Å². The van der Waals surface area contributed by atoms with Gasteiger partial charge in [0.15, 0.2) is 0 Å². The van der Waals surface area contributed by atoms with Gasteiger partial charge in [0.05, 0.1) is 9.21 Å². The predicted molar refractivity (Wildman–Crippen MR) is 90.0 cm³/mol. The van der Waals surface area contributed by atoms with Gasteiger partial charge in [-0.2, -0.15) is 0 Å². The van der Waals surface area contributed by atoms with Gasteiger partial charge in [-0.1, -0.05) is 28.9 Å². The van der Waals surface area contributed by atoms with E-state index in [1.54, 1.807) is 42.6 Å². The van der Waals surface area contributed by atoms with E-state index in [4.69, 9.17) is 17.3 Å². The molecule has 2 aromatic heterocycles. The molecule has 0 aliphatic carbocycles. The molecule has 0 radical (unpaired) electrons. The van der Waals surface area contributed by atoms with Crippen molar-refractivity contribution in [3.63, 3.8) is 0 Å². The van der Waals surface area contributed by atoms with Crippen molar-refractivity contribution in [1.29, 1.82) is 0 Å². The molecule has 1 aromatic carbocycles. The second-order valence-corrected chi connectivity index (χ2v) is 6.61. The maximum absolute atomic E-state index is 12.4. The second-order valence-electron chi connectivity index (χ2n) is 4.89. The van der Waals surface area contributed by atoms with E-state index in [1.165, 1.54) is 11.3 Å². The van der Waals surface area contributed by atoms with Gasteiger partial charge in [-0.25, -0.2) is 0 Å². The van der Waals surface area contributed by atoms with Crippen LogP contribution in [0.3, 0.4) is 0 Å². The number of nitrogens with zero attached hydrogens (tertiary/aromatic N) is 2. The van der Waals surface area contributed by atoms with E-state index >= 15 is 0 Å². The van der Waals surface area contributed by atoms with Crippen LogP contribution < -0.4 is 11.1 Å². The number of rotatable bonds is 5. The summed E-state index contributed by atoms with van der Waals surface area (Å²) in [7, 11) is 0. The molecule has 0 spiro atoms. The van der Waals surface area contributed by atoms with Crippen molar-refractivity contribution < 1.29 is 9.59 Å². The van der Waals surface area contributed by atoms with E-state index < -0.39 is 11.9 Å². The fourth-order valence-corrected chi connectivity index (χ4v) is 3.10. The molecule has 2 heterocycles. The Morgan fingerprint density at radius 1 is 1.21 bits per heavy atom. The summed E-state index contributed by atoms with van der Waals surface area (Å²) in [6, 6.07) is 9.39. The zero-order valence-electron chi connectivity index (χ0n) is 12.2. The molecule has 0 aliphatic rings. The first-order chi connectivity index (χ1) is 11.5. The number of carbonyl (C=O) groups is 2. The largest absolute Gasteiger partial charge is 0.366 e. The Bertz CT molecular complexity index is 860. The highest BCUT2D eigenvalue weighted by molar-refractivity contribution is 7.18. The third-order valence-corrected chi connectivity index (χ3v) is 4.56. The molecular weight excluding hydrogens is 350 g/mol. The van der Waals surface area contributed by atoms with E-state index in [-0.39, 0.29) is 5.91 Å². The Labute approximate surface area is 145 Å². The van der Waals surface area contributed by atoms with Crippen molar-refractivity contribution in [1.82, 2.24) is 20.7 Å². The van der Waals surface area contributed by atoms with Crippen LogP contribution in [0.2, 0.25) is 4.34 Å². The normalized spacial score (nSPS) is 11.9. The Morgan fingerprint density at radius 2 is 1.96 bits per heavy atom. The molecule has 9 heteroatoms. The summed E-state index contributed by atoms with van der Waals surface area (Å²) in [5, 5.41) is 13.2. The Balaban J connectivity index is 1.89. The minimum atomic E-state index is -0.529.